The smallest absolute Gasteiger partial charge is 0.134 e. The van der Waals surface area contributed by atoms with Gasteiger partial charge in [0.2, 0.25) is 0 Å². The van der Waals surface area contributed by atoms with E-state index in [2.05, 4.69) is 9.97 Å². The van der Waals surface area contributed by atoms with Crippen molar-refractivity contribution in [3.8, 4) is 0 Å². The summed E-state index contributed by atoms with van der Waals surface area (Å²) in [5.74, 6) is -1.33. The maximum absolute atomic E-state index is 13.2. The van der Waals surface area contributed by atoms with Crippen molar-refractivity contribution in [2.24, 2.45) is 0 Å². The highest BCUT2D eigenvalue weighted by atomic mass is 19.1. The predicted molar refractivity (Wildman–Crippen MR) is 82.4 cm³/mol. The quantitative estimate of drug-likeness (QED) is 0.684. The van der Waals surface area contributed by atoms with E-state index in [0.717, 1.165) is 40.4 Å². The lowest BCUT2D eigenvalue weighted by Crippen LogP contribution is -1.88. The average molecular weight is 300 g/mol. The van der Waals surface area contributed by atoms with E-state index in [0.29, 0.717) is 5.82 Å². The molecule has 0 spiro atoms. The normalized spacial score (nSPS) is 12.1. The topological polar surface area (TPSA) is 48.9 Å². The van der Waals surface area contributed by atoms with Gasteiger partial charge in [-0.1, -0.05) is 0 Å². The molecule has 0 saturated carbocycles. The van der Waals surface area contributed by atoms with Crippen LogP contribution in [0.2, 0.25) is 0 Å². The van der Waals surface area contributed by atoms with Crippen LogP contribution in [0.4, 0.5) is 8.78 Å². The van der Waals surface area contributed by atoms with Crippen LogP contribution in [0.1, 0.15) is 22.5 Å². The van der Waals surface area contributed by atoms with Crippen LogP contribution >= 0.6 is 0 Å². The third-order valence-electron chi connectivity index (χ3n) is 3.55. The largest absolute Gasteiger partial charge is 0.507 e. The number of aromatic amines is 1. The molecule has 0 unspecified atom stereocenters. The van der Waals surface area contributed by atoms with Gasteiger partial charge in [-0.15, -0.1) is 0 Å². The number of benzene rings is 2. The number of aliphatic hydroxyl groups is 1. The van der Waals surface area contributed by atoms with Crippen molar-refractivity contribution in [2.75, 3.05) is 0 Å². The van der Waals surface area contributed by atoms with E-state index < -0.39 is 11.6 Å². The lowest BCUT2D eigenvalue weighted by Gasteiger charge is -2.00. The molecule has 5 heteroatoms. The molecule has 0 aliphatic rings. The molecule has 112 valence electrons. The molecule has 1 aromatic heterocycles. The van der Waals surface area contributed by atoms with Gasteiger partial charge in [-0.3, -0.25) is 0 Å². The molecule has 0 fully saturated rings. The summed E-state index contributed by atoms with van der Waals surface area (Å²) in [7, 11) is 0. The lowest BCUT2D eigenvalue weighted by atomic mass is 10.1. The fourth-order valence-electron chi connectivity index (χ4n) is 2.27. The standard InChI is InChI=1S/C17H14F2N2O/c1-9-3-14-15(4-10(9)2)21-17(20-14)8-16(22)11-5-12(18)7-13(19)6-11/h3-8,22H,1-2H3,(H,20,21). The fraction of sp³-hybridized carbons (Fsp3) is 0.118. The second-order valence-corrected chi connectivity index (χ2v) is 5.26. The van der Waals surface area contributed by atoms with Crippen LogP contribution in [0.3, 0.4) is 0 Å². The second-order valence-electron chi connectivity index (χ2n) is 5.26. The first-order valence-corrected chi connectivity index (χ1v) is 6.76. The zero-order chi connectivity index (χ0) is 15.9. The molecule has 0 radical (unpaired) electrons. The Morgan fingerprint density at radius 1 is 1.05 bits per heavy atom. The van der Waals surface area contributed by atoms with Gasteiger partial charge < -0.3 is 10.1 Å². The van der Waals surface area contributed by atoms with Gasteiger partial charge in [0.05, 0.1) is 11.0 Å². The molecule has 2 N–H and O–H groups in total. The van der Waals surface area contributed by atoms with E-state index in [1.165, 1.54) is 6.08 Å². The minimum atomic E-state index is -0.745. The molecule has 3 rings (SSSR count). The van der Waals surface area contributed by atoms with Gasteiger partial charge in [-0.05, 0) is 49.2 Å². The van der Waals surface area contributed by atoms with Crippen molar-refractivity contribution in [1.29, 1.82) is 0 Å². The highest BCUT2D eigenvalue weighted by Gasteiger charge is 2.08. The summed E-state index contributed by atoms with van der Waals surface area (Å²) in [6.07, 6.45) is 1.35. The van der Waals surface area contributed by atoms with Crippen LogP contribution in [0, 0.1) is 25.5 Å². The number of aliphatic hydroxyl groups excluding tert-OH is 1. The first kappa shape index (κ1) is 14.3. The van der Waals surface area contributed by atoms with Gasteiger partial charge in [0, 0.05) is 17.7 Å². The van der Waals surface area contributed by atoms with Crippen LogP contribution in [0.5, 0.6) is 0 Å². The summed E-state index contributed by atoms with van der Waals surface area (Å²) in [6, 6.07) is 6.78. The number of imidazole rings is 1. The van der Waals surface area contributed by atoms with Crippen molar-refractivity contribution in [3.05, 3.63) is 64.5 Å². The average Bonchev–Trinajstić information content (AvgIpc) is 2.79. The maximum Gasteiger partial charge on any atom is 0.134 e. The van der Waals surface area contributed by atoms with Gasteiger partial charge in [0.15, 0.2) is 0 Å². The Balaban J connectivity index is 2.03. The SMILES string of the molecule is Cc1cc2nc(C=C(O)c3cc(F)cc(F)c3)[nH]c2cc1C. The van der Waals surface area contributed by atoms with Gasteiger partial charge in [0.25, 0.3) is 0 Å². The Bertz CT molecular complexity index is 838. The lowest BCUT2D eigenvalue weighted by molar-refractivity contribution is 0.511. The first-order valence-electron chi connectivity index (χ1n) is 6.76. The van der Waals surface area contributed by atoms with Crippen LogP contribution in [-0.2, 0) is 0 Å². The van der Waals surface area contributed by atoms with Crippen molar-refractivity contribution in [2.45, 2.75) is 13.8 Å². The van der Waals surface area contributed by atoms with Crippen LogP contribution in [0.15, 0.2) is 30.3 Å². The summed E-state index contributed by atoms with van der Waals surface area (Å²) in [4.78, 5) is 7.40. The van der Waals surface area contributed by atoms with Crippen LogP contribution in [-0.4, -0.2) is 15.1 Å². The second kappa shape index (κ2) is 5.26. The third-order valence-corrected chi connectivity index (χ3v) is 3.55. The number of hydrogen-bond acceptors (Lipinski definition) is 2. The van der Waals surface area contributed by atoms with Gasteiger partial charge in [-0.2, -0.15) is 0 Å². The van der Waals surface area contributed by atoms with Crippen molar-refractivity contribution in [1.82, 2.24) is 9.97 Å². The molecule has 22 heavy (non-hydrogen) atoms. The maximum atomic E-state index is 13.2. The number of nitrogens with one attached hydrogen (secondary N) is 1. The number of aryl methyl sites for hydroxylation is 2. The highest BCUT2D eigenvalue weighted by molar-refractivity contribution is 5.82. The molecular formula is C17H14F2N2O. The minimum Gasteiger partial charge on any atom is -0.507 e. The number of fused-ring (bicyclic) bond motifs is 1. The van der Waals surface area contributed by atoms with Crippen LogP contribution < -0.4 is 0 Å². The van der Waals surface area contributed by atoms with Gasteiger partial charge >= 0.3 is 0 Å². The van der Waals surface area contributed by atoms with Crippen molar-refractivity contribution < 1.29 is 13.9 Å². The number of hydrogen-bond donors (Lipinski definition) is 2. The van der Waals surface area contributed by atoms with E-state index in [1.807, 2.05) is 26.0 Å². The Morgan fingerprint density at radius 3 is 2.36 bits per heavy atom. The number of nitrogens with zero attached hydrogens (tertiary/aromatic N) is 1. The molecule has 0 bridgehead atoms. The van der Waals surface area contributed by atoms with E-state index in [-0.39, 0.29) is 11.3 Å². The predicted octanol–water partition coefficient (Wildman–Crippen LogP) is 4.51. The zero-order valence-corrected chi connectivity index (χ0v) is 12.1. The molecule has 0 saturated heterocycles. The first-order chi connectivity index (χ1) is 10.4. The van der Waals surface area contributed by atoms with Crippen molar-refractivity contribution in [3.63, 3.8) is 0 Å². The van der Waals surface area contributed by atoms with Crippen LogP contribution in [0.25, 0.3) is 22.9 Å². The fourth-order valence-corrected chi connectivity index (χ4v) is 2.27. The van der Waals surface area contributed by atoms with Gasteiger partial charge in [0.1, 0.15) is 23.2 Å². The molecule has 1 heterocycles. The van der Waals surface area contributed by atoms with Gasteiger partial charge in [-0.25, -0.2) is 13.8 Å². The summed E-state index contributed by atoms with van der Waals surface area (Å²) in [5.41, 5.74) is 3.92. The number of rotatable bonds is 2. The Kier molecular flexibility index (Phi) is 3.41. The number of H-pyrrole nitrogens is 1. The summed E-state index contributed by atoms with van der Waals surface area (Å²) < 4.78 is 26.4. The van der Waals surface area contributed by atoms with E-state index in [9.17, 15) is 13.9 Å². The molecule has 2 aromatic carbocycles. The zero-order valence-electron chi connectivity index (χ0n) is 12.1. The summed E-state index contributed by atoms with van der Waals surface area (Å²) >= 11 is 0. The molecule has 0 atom stereocenters. The third kappa shape index (κ3) is 2.70. The number of halogens is 2. The molecule has 3 nitrogen and oxygen atoms in total. The molecular weight excluding hydrogens is 286 g/mol. The van der Waals surface area contributed by atoms with E-state index in [4.69, 9.17) is 0 Å². The Morgan fingerprint density at radius 2 is 1.68 bits per heavy atom. The summed E-state index contributed by atoms with van der Waals surface area (Å²) in [6.45, 7) is 3.99. The Labute approximate surface area is 125 Å². The van der Waals surface area contributed by atoms with E-state index >= 15 is 0 Å². The van der Waals surface area contributed by atoms with E-state index in [1.54, 1.807) is 0 Å². The Hall–Kier alpha value is -2.69. The minimum absolute atomic E-state index is 0.0605. The summed E-state index contributed by atoms with van der Waals surface area (Å²) in [5, 5.41) is 10.0. The number of aromatic nitrogens is 2. The monoisotopic (exact) mass is 300 g/mol. The molecule has 0 aliphatic heterocycles. The molecule has 0 aliphatic carbocycles. The molecule has 3 aromatic rings. The highest BCUT2D eigenvalue weighted by Crippen LogP contribution is 2.21. The van der Waals surface area contributed by atoms with Crippen molar-refractivity contribution >= 4 is 22.9 Å². The molecule has 0 amide bonds.